The van der Waals surface area contributed by atoms with Crippen LogP contribution in [0.4, 0.5) is 14.9 Å². The predicted molar refractivity (Wildman–Crippen MR) is 144 cm³/mol. The molecule has 1 saturated carbocycles. The topological polar surface area (TPSA) is 85.3 Å². The van der Waals surface area contributed by atoms with Crippen LogP contribution in [0.1, 0.15) is 54.9 Å². The number of anilines is 1. The molecule has 1 amide bonds. The zero-order valence-corrected chi connectivity index (χ0v) is 24.1. The minimum Gasteiger partial charge on any atom is -0.438 e. The number of carbonyl (C=O) groups is 2. The fraction of sp³-hybridized carbons (Fsp3) is 0.613. The Morgan fingerprint density at radius 2 is 1.82 bits per heavy atom. The molecule has 1 spiro atoms. The highest BCUT2D eigenvalue weighted by atomic mass is 19.1. The molecule has 1 N–H and O–H groups in total. The molecule has 39 heavy (non-hydrogen) atoms. The summed E-state index contributed by atoms with van der Waals surface area (Å²) in [6, 6.07) is 5.90. The van der Waals surface area contributed by atoms with Gasteiger partial charge in [0.2, 0.25) is 0 Å². The molecule has 1 aromatic carbocycles. The van der Waals surface area contributed by atoms with E-state index in [-0.39, 0.29) is 29.9 Å². The zero-order valence-electron chi connectivity index (χ0n) is 24.1. The van der Waals surface area contributed by atoms with E-state index < -0.39 is 52.3 Å². The van der Waals surface area contributed by atoms with Gasteiger partial charge in [0.05, 0.1) is 17.7 Å². The van der Waals surface area contributed by atoms with Gasteiger partial charge in [-0.25, -0.2) is 9.18 Å². The predicted octanol–water partition coefficient (Wildman–Crippen LogP) is 5.42. The Morgan fingerprint density at radius 1 is 1.15 bits per heavy atom. The van der Waals surface area contributed by atoms with Crippen LogP contribution in [0, 0.1) is 34.4 Å². The lowest BCUT2D eigenvalue weighted by Crippen LogP contribution is -2.68. The number of para-hydroxylation sites is 1. The number of allylic oxidation sites excluding steroid dienone is 1. The molecule has 1 aromatic rings. The zero-order chi connectivity index (χ0) is 28.7. The molecule has 1 heterocycles. The van der Waals surface area contributed by atoms with Gasteiger partial charge in [-0.3, -0.25) is 9.69 Å². The van der Waals surface area contributed by atoms with Crippen LogP contribution in [-0.4, -0.2) is 54.2 Å². The van der Waals surface area contributed by atoms with Crippen molar-refractivity contribution < 1.29 is 33.3 Å². The second-order valence-electron chi connectivity index (χ2n) is 13.0. The van der Waals surface area contributed by atoms with Crippen LogP contribution in [0.25, 0.3) is 0 Å². The molecule has 1 aliphatic heterocycles. The van der Waals surface area contributed by atoms with Crippen molar-refractivity contribution in [1.29, 1.82) is 0 Å². The van der Waals surface area contributed by atoms with Crippen molar-refractivity contribution in [2.75, 3.05) is 18.6 Å². The van der Waals surface area contributed by atoms with E-state index in [4.69, 9.17) is 14.2 Å². The SMILES string of the molecule is CC1=CC23C(=O)[C@@H](C=C4COC(C)(C)O[C@H]4[C@]2(O)[C@H]1OC(=O)N(C)c1ccccc1F)C(C)(C)[C@@H](C)CC3C. The van der Waals surface area contributed by atoms with Crippen LogP contribution in [0.5, 0.6) is 0 Å². The molecular weight excluding hydrogens is 501 g/mol. The van der Waals surface area contributed by atoms with Crippen molar-refractivity contribution in [3.8, 4) is 0 Å². The van der Waals surface area contributed by atoms with Crippen LogP contribution in [-0.2, 0) is 19.0 Å². The minimum atomic E-state index is -1.94. The number of nitrogens with zero attached hydrogens (tertiary/aromatic N) is 1. The van der Waals surface area contributed by atoms with Gasteiger partial charge >= 0.3 is 6.09 Å². The quantitative estimate of drug-likeness (QED) is 0.503. The standard InChI is InChI=1S/C31H40FNO6/c1-17-15-30-19(3)13-18(2)28(4,5)21(24(30)34)14-20-16-37-29(6,7)39-26(20)31(30,36)25(17)38-27(35)33(8)23-12-10-9-11-22(23)32/h9-12,14-15,18-19,21,25-26,36H,13,16H2,1-8H3/t18-,19?,21+,25-,26+,30?,31+/m0/s1. The van der Waals surface area contributed by atoms with Crippen LogP contribution in [0.3, 0.4) is 0 Å². The van der Waals surface area contributed by atoms with Crippen LogP contribution in [0.15, 0.2) is 47.6 Å². The number of carbonyl (C=O) groups excluding carboxylic acids is 2. The largest absolute Gasteiger partial charge is 0.438 e. The number of rotatable bonds is 2. The van der Waals surface area contributed by atoms with Gasteiger partial charge in [-0.1, -0.05) is 52.0 Å². The molecule has 0 radical (unpaired) electrons. The molecule has 2 bridgehead atoms. The number of hydrogen-bond donors (Lipinski definition) is 1. The van der Waals surface area contributed by atoms with Gasteiger partial charge < -0.3 is 19.3 Å². The molecule has 7 atom stereocenters. The first-order valence-corrected chi connectivity index (χ1v) is 13.7. The molecule has 4 aliphatic rings. The van der Waals surface area contributed by atoms with Crippen molar-refractivity contribution >= 4 is 17.6 Å². The number of ketones is 1. The summed E-state index contributed by atoms with van der Waals surface area (Å²) in [4.78, 5) is 29.3. The molecule has 212 valence electrons. The van der Waals surface area contributed by atoms with E-state index in [1.807, 2.05) is 19.1 Å². The summed E-state index contributed by atoms with van der Waals surface area (Å²) in [6.07, 6.45) is 1.43. The first-order valence-electron chi connectivity index (χ1n) is 13.7. The maximum Gasteiger partial charge on any atom is 0.414 e. The van der Waals surface area contributed by atoms with Gasteiger partial charge in [0, 0.05) is 13.0 Å². The van der Waals surface area contributed by atoms with Gasteiger partial charge in [0.15, 0.2) is 23.3 Å². The molecule has 8 heteroatoms. The Kier molecular flexibility index (Phi) is 6.45. The van der Waals surface area contributed by atoms with Crippen molar-refractivity contribution in [1.82, 2.24) is 0 Å². The fourth-order valence-corrected chi connectivity index (χ4v) is 7.36. The smallest absolute Gasteiger partial charge is 0.414 e. The number of fused-ring (bicyclic) bond motifs is 3. The van der Waals surface area contributed by atoms with Crippen molar-refractivity contribution in [3.05, 3.63) is 53.4 Å². The van der Waals surface area contributed by atoms with E-state index in [9.17, 15) is 19.1 Å². The van der Waals surface area contributed by atoms with E-state index in [1.165, 1.54) is 25.2 Å². The number of Topliss-reactive ketones (excluding diaryl/α,β-unsaturated/α-hetero) is 1. The molecule has 7 nitrogen and oxygen atoms in total. The second-order valence-corrected chi connectivity index (χ2v) is 13.0. The van der Waals surface area contributed by atoms with Gasteiger partial charge in [-0.15, -0.1) is 0 Å². The van der Waals surface area contributed by atoms with E-state index in [1.54, 1.807) is 26.8 Å². The first-order chi connectivity index (χ1) is 18.1. The van der Waals surface area contributed by atoms with Crippen LogP contribution < -0.4 is 4.90 Å². The first kappa shape index (κ1) is 28.0. The molecule has 2 fully saturated rings. The van der Waals surface area contributed by atoms with Gasteiger partial charge in [-0.05, 0) is 67.7 Å². The molecule has 5 rings (SSSR count). The fourth-order valence-electron chi connectivity index (χ4n) is 7.36. The van der Waals surface area contributed by atoms with Crippen molar-refractivity contribution in [2.45, 2.75) is 78.5 Å². The second kappa shape index (κ2) is 8.98. The number of ether oxygens (including phenoxy) is 3. The van der Waals surface area contributed by atoms with Gasteiger partial charge in [0.25, 0.3) is 0 Å². The summed E-state index contributed by atoms with van der Waals surface area (Å²) in [6.45, 7) is 13.8. The van der Waals surface area contributed by atoms with E-state index >= 15 is 0 Å². The summed E-state index contributed by atoms with van der Waals surface area (Å²) in [5, 5.41) is 13.1. The normalized spacial score (nSPS) is 38.4. The summed E-state index contributed by atoms with van der Waals surface area (Å²) < 4.78 is 33.0. The number of hydrogen-bond acceptors (Lipinski definition) is 6. The maximum absolute atomic E-state index is 14.8. The van der Waals surface area contributed by atoms with Crippen LogP contribution in [0.2, 0.25) is 0 Å². The minimum absolute atomic E-state index is 0.0447. The molecule has 2 unspecified atom stereocenters. The Morgan fingerprint density at radius 3 is 2.49 bits per heavy atom. The number of halogens is 1. The van der Waals surface area contributed by atoms with E-state index in [2.05, 4.69) is 20.8 Å². The lowest BCUT2D eigenvalue weighted by Gasteiger charge is -2.52. The third kappa shape index (κ3) is 3.85. The molecular formula is C31H40FNO6. The highest BCUT2D eigenvalue weighted by molar-refractivity contribution is 5.95. The number of benzene rings is 1. The highest BCUT2D eigenvalue weighted by Crippen LogP contribution is 2.63. The Hall–Kier alpha value is -2.55. The van der Waals surface area contributed by atoms with E-state index in [0.29, 0.717) is 17.6 Å². The summed E-state index contributed by atoms with van der Waals surface area (Å²) >= 11 is 0. The lowest BCUT2D eigenvalue weighted by molar-refractivity contribution is -0.302. The Balaban J connectivity index is 1.67. The number of aliphatic hydroxyl groups is 1. The van der Waals surface area contributed by atoms with Crippen molar-refractivity contribution in [2.24, 2.45) is 28.6 Å². The Bertz CT molecular complexity index is 1270. The average Bonchev–Trinajstić information content (AvgIpc) is 3.02. The summed E-state index contributed by atoms with van der Waals surface area (Å²) in [5.41, 5.74) is -2.44. The Labute approximate surface area is 230 Å². The van der Waals surface area contributed by atoms with Gasteiger partial charge in [-0.2, -0.15) is 0 Å². The summed E-state index contributed by atoms with van der Waals surface area (Å²) in [7, 11) is 1.42. The third-order valence-corrected chi connectivity index (χ3v) is 9.99. The average molecular weight is 542 g/mol. The molecule has 0 aromatic heterocycles. The molecule has 3 aliphatic carbocycles. The maximum atomic E-state index is 14.8. The third-order valence-electron chi connectivity index (χ3n) is 9.99. The van der Waals surface area contributed by atoms with Crippen molar-refractivity contribution in [3.63, 3.8) is 0 Å². The lowest BCUT2D eigenvalue weighted by atomic mass is 9.59. The van der Waals surface area contributed by atoms with E-state index in [0.717, 1.165) is 4.90 Å². The monoisotopic (exact) mass is 541 g/mol. The summed E-state index contributed by atoms with van der Waals surface area (Å²) in [5.74, 6) is -2.33. The van der Waals surface area contributed by atoms with Crippen LogP contribution >= 0.6 is 0 Å². The number of amides is 1. The van der Waals surface area contributed by atoms with Gasteiger partial charge in [0.1, 0.15) is 11.9 Å². The molecule has 1 saturated heterocycles. The highest BCUT2D eigenvalue weighted by Gasteiger charge is 2.74.